The normalized spacial score (nSPS) is 20.8. The van der Waals surface area contributed by atoms with Gasteiger partial charge in [-0.3, -0.25) is 4.79 Å². The fourth-order valence-electron chi connectivity index (χ4n) is 3.36. The number of ether oxygens (including phenoxy) is 1. The van der Waals surface area contributed by atoms with E-state index in [9.17, 15) is 18.0 Å². The molecule has 0 bridgehead atoms. The van der Waals surface area contributed by atoms with Crippen LogP contribution < -0.4 is 0 Å². The highest BCUT2D eigenvalue weighted by Crippen LogP contribution is 2.24. The van der Waals surface area contributed by atoms with E-state index in [2.05, 4.69) is 0 Å². The zero-order valence-electron chi connectivity index (χ0n) is 14.4. The number of piperazine rings is 1. The van der Waals surface area contributed by atoms with Crippen LogP contribution >= 0.6 is 11.3 Å². The topological polar surface area (TPSA) is 84.0 Å². The number of esters is 1. The van der Waals surface area contributed by atoms with Crippen molar-refractivity contribution in [2.75, 3.05) is 26.2 Å². The number of nitrogens with zero attached hydrogens (tertiary/aromatic N) is 2. The molecular formula is C18H18N2O5S2. The Bertz CT molecular complexity index is 963. The minimum absolute atomic E-state index is 0.225. The molecule has 1 aromatic heterocycles. The van der Waals surface area contributed by atoms with Crippen LogP contribution in [0, 0.1) is 0 Å². The number of carbonyl (C=O) groups excluding carboxylic acids is 2. The number of carbonyl (C=O) groups is 2. The molecule has 0 aliphatic carbocycles. The van der Waals surface area contributed by atoms with Crippen LogP contribution in [-0.2, 0) is 26.0 Å². The number of hydrogen-bond acceptors (Lipinski definition) is 6. The van der Waals surface area contributed by atoms with Crippen molar-refractivity contribution in [3.8, 4) is 0 Å². The van der Waals surface area contributed by atoms with E-state index >= 15 is 0 Å². The summed E-state index contributed by atoms with van der Waals surface area (Å²) in [5.74, 6) is -0.764. The molecule has 4 rings (SSSR count). The van der Waals surface area contributed by atoms with Crippen LogP contribution in [-0.4, -0.2) is 61.8 Å². The lowest BCUT2D eigenvalue weighted by Gasteiger charge is -2.36. The Kier molecular flexibility index (Phi) is 4.75. The van der Waals surface area contributed by atoms with Crippen molar-refractivity contribution >= 4 is 33.2 Å². The SMILES string of the molecule is O=C1OC(C(=O)N2CCN(S(=O)(=O)c3cccs3)CC2)Cc2ccccc21. The summed E-state index contributed by atoms with van der Waals surface area (Å²) in [6.07, 6.45) is -0.512. The highest BCUT2D eigenvalue weighted by atomic mass is 32.2. The van der Waals surface area contributed by atoms with E-state index < -0.39 is 22.1 Å². The summed E-state index contributed by atoms with van der Waals surface area (Å²) >= 11 is 1.18. The minimum Gasteiger partial charge on any atom is -0.448 e. The summed E-state index contributed by atoms with van der Waals surface area (Å²) in [6.45, 7) is 1.00. The fourth-order valence-corrected chi connectivity index (χ4v) is 5.93. The molecule has 1 saturated heterocycles. The third kappa shape index (κ3) is 3.38. The van der Waals surface area contributed by atoms with E-state index in [-0.39, 0.29) is 32.1 Å². The molecule has 2 aromatic rings. The Morgan fingerprint density at radius 1 is 1.07 bits per heavy atom. The molecule has 2 aliphatic heterocycles. The third-order valence-electron chi connectivity index (χ3n) is 4.81. The van der Waals surface area contributed by atoms with Gasteiger partial charge in [-0.15, -0.1) is 11.3 Å². The molecule has 2 aliphatic rings. The van der Waals surface area contributed by atoms with E-state index in [1.165, 1.54) is 15.6 Å². The maximum Gasteiger partial charge on any atom is 0.339 e. The monoisotopic (exact) mass is 406 g/mol. The maximum absolute atomic E-state index is 12.8. The van der Waals surface area contributed by atoms with E-state index in [0.29, 0.717) is 16.2 Å². The van der Waals surface area contributed by atoms with Crippen molar-refractivity contribution in [1.82, 2.24) is 9.21 Å². The smallest absolute Gasteiger partial charge is 0.339 e. The van der Waals surface area contributed by atoms with E-state index in [1.54, 1.807) is 34.5 Å². The van der Waals surface area contributed by atoms with Crippen LogP contribution in [0.2, 0.25) is 0 Å². The highest BCUT2D eigenvalue weighted by molar-refractivity contribution is 7.91. The summed E-state index contributed by atoms with van der Waals surface area (Å²) < 4.78 is 32.2. The minimum atomic E-state index is -3.51. The lowest BCUT2D eigenvalue weighted by molar-refractivity contribution is -0.142. The number of benzene rings is 1. The Morgan fingerprint density at radius 2 is 1.81 bits per heavy atom. The quantitative estimate of drug-likeness (QED) is 0.719. The second kappa shape index (κ2) is 7.06. The first-order valence-corrected chi connectivity index (χ1v) is 10.9. The van der Waals surface area contributed by atoms with E-state index in [4.69, 9.17) is 4.74 Å². The second-order valence-corrected chi connectivity index (χ2v) is 9.53. The molecule has 1 aromatic carbocycles. The third-order valence-corrected chi connectivity index (χ3v) is 8.08. The average molecular weight is 406 g/mol. The molecule has 0 spiro atoms. The van der Waals surface area contributed by atoms with E-state index in [1.807, 2.05) is 12.1 Å². The predicted molar refractivity (Wildman–Crippen MR) is 99.0 cm³/mol. The Hall–Kier alpha value is -2.23. The number of fused-ring (bicyclic) bond motifs is 1. The van der Waals surface area contributed by atoms with Crippen LogP contribution in [0.1, 0.15) is 15.9 Å². The van der Waals surface area contributed by atoms with Crippen molar-refractivity contribution < 1.29 is 22.7 Å². The first-order chi connectivity index (χ1) is 13.0. The number of thiophene rings is 1. The Labute approximate surface area is 161 Å². The molecular weight excluding hydrogens is 388 g/mol. The molecule has 27 heavy (non-hydrogen) atoms. The average Bonchev–Trinajstić information content (AvgIpc) is 3.23. The lowest BCUT2D eigenvalue weighted by Crippen LogP contribution is -2.54. The summed E-state index contributed by atoms with van der Waals surface area (Å²) in [6, 6.07) is 10.4. The second-order valence-electron chi connectivity index (χ2n) is 6.42. The first-order valence-electron chi connectivity index (χ1n) is 8.58. The van der Waals surface area contributed by atoms with Gasteiger partial charge >= 0.3 is 5.97 Å². The summed E-state index contributed by atoms with van der Waals surface area (Å²) in [5, 5.41) is 1.72. The standard InChI is InChI=1S/C18H18N2O5S2/c21-17(15-12-13-4-1-2-5-14(13)18(22)25-15)19-7-9-20(10-8-19)27(23,24)16-6-3-11-26-16/h1-6,11,15H,7-10,12H2. The lowest BCUT2D eigenvalue weighted by atomic mass is 9.98. The van der Waals surface area contributed by atoms with Gasteiger partial charge < -0.3 is 9.64 Å². The molecule has 1 unspecified atom stereocenters. The first kappa shape index (κ1) is 18.1. The molecule has 3 heterocycles. The van der Waals surface area contributed by atoms with Gasteiger partial charge in [0, 0.05) is 32.6 Å². The molecule has 0 saturated carbocycles. The van der Waals surface area contributed by atoms with Gasteiger partial charge in [0.05, 0.1) is 5.56 Å². The van der Waals surface area contributed by atoms with Gasteiger partial charge in [-0.25, -0.2) is 13.2 Å². The molecule has 0 N–H and O–H groups in total. The van der Waals surface area contributed by atoms with Crippen LogP contribution in [0.25, 0.3) is 0 Å². The zero-order valence-corrected chi connectivity index (χ0v) is 16.0. The van der Waals surface area contributed by atoms with Gasteiger partial charge in [-0.05, 0) is 23.1 Å². The molecule has 1 amide bonds. The molecule has 1 fully saturated rings. The number of sulfonamides is 1. The number of amides is 1. The Balaban J connectivity index is 1.42. The zero-order chi connectivity index (χ0) is 19.0. The predicted octanol–water partition coefficient (Wildman–Crippen LogP) is 1.36. The van der Waals surface area contributed by atoms with Crippen molar-refractivity contribution in [3.05, 3.63) is 52.9 Å². The van der Waals surface area contributed by atoms with E-state index in [0.717, 1.165) is 5.56 Å². The van der Waals surface area contributed by atoms with Gasteiger partial charge in [0.2, 0.25) is 0 Å². The Morgan fingerprint density at radius 3 is 2.52 bits per heavy atom. The molecule has 7 nitrogen and oxygen atoms in total. The highest BCUT2D eigenvalue weighted by Gasteiger charge is 2.36. The van der Waals surface area contributed by atoms with Crippen LogP contribution in [0.5, 0.6) is 0 Å². The maximum atomic E-state index is 12.8. The van der Waals surface area contributed by atoms with Crippen LogP contribution in [0.3, 0.4) is 0 Å². The molecule has 142 valence electrons. The van der Waals surface area contributed by atoms with Gasteiger partial charge in [-0.1, -0.05) is 24.3 Å². The fraction of sp³-hybridized carbons (Fsp3) is 0.333. The number of cyclic esters (lactones) is 1. The molecule has 9 heteroatoms. The summed E-state index contributed by atoms with van der Waals surface area (Å²) in [7, 11) is -3.51. The molecule has 0 radical (unpaired) electrons. The van der Waals surface area contributed by atoms with Crippen molar-refractivity contribution in [3.63, 3.8) is 0 Å². The van der Waals surface area contributed by atoms with Gasteiger partial charge in [-0.2, -0.15) is 4.31 Å². The van der Waals surface area contributed by atoms with Crippen LogP contribution in [0.4, 0.5) is 0 Å². The summed E-state index contributed by atoms with van der Waals surface area (Å²) in [5.41, 5.74) is 1.29. The number of hydrogen-bond donors (Lipinski definition) is 0. The largest absolute Gasteiger partial charge is 0.448 e. The van der Waals surface area contributed by atoms with Gasteiger partial charge in [0.25, 0.3) is 15.9 Å². The number of rotatable bonds is 3. The van der Waals surface area contributed by atoms with Crippen molar-refractivity contribution in [1.29, 1.82) is 0 Å². The summed E-state index contributed by atoms with van der Waals surface area (Å²) in [4.78, 5) is 26.5. The van der Waals surface area contributed by atoms with Crippen molar-refractivity contribution in [2.45, 2.75) is 16.7 Å². The van der Waals surface area contributed by atoms with Crippen molar-refractivity contribution in [2.24, 2.45) is 0 Å². The van der Waals surface area contributed by atoms with Gasteiger partial charge in [0.15, 0.2) is 6.10 Å². The molecule has 1 atom stereocenters. The van der Waals surface area contributed by atoms with Gasteiger partial charge in [0.1, 0.15) is 4.21 Å². The van der Waals surface area contributed by atoms with Crippen LogP contribution in [0.15, 0.2) is 46.0 Å².